The first-order valence-electron chi connectivity index (χ1n) is 6.75. The number of piperidine rings is 1. The molecule has 0 amide bonds. The fourth-order valence-electron chi connectivity index (χ4n) is 2.38. The van der Waals surface area contributed by atoms with Gasteiger partial charge in [0.25, 0.3) is 10.2 Å². The van der Waals surface area contributed by atoms with Crippen molar-refractivity contribution in [2.24, 2.45) is 7.05 Å². The van der Waals surface area contributed by atoms with Crippen molar-refractivity contribution in [1.82, 2.24) is 23.8 Å². The summed E-state index contributed by atoms with van der Waals surface area (Å²) < 4.78 is 30.1. The lowest BCUT2D eigenvalue weighted by molar-refractivity contribution is 0.154. The number of rotatable bonds is 6. The van der Waals surface area contributed by atoms with E-state index in [1.165, 1.54) is 4.31 Å². The number of aromatic nitrogens is 3. The van der Waals surface area contributed by atoms with Gasteiger partial charge in [0.05, 0.1) is 6.61 Å². The summed E-state index contributed by atoms with van der Waals surface area (Å²) in [6.45, 7) is 0.595. The zero-order chi connectivity index (χ0) is 14.6. The average Bonchev–Trinajstić information content (AvgIpc) is 2.84. The Balaban J connectivity index is 1.91. The van der Waals surface area contributed by atoms with Crippen LogP contribution in [0, 0.1) is 0 Å². The van der Waals surface area contributed by atoms with Crippen LogP contribution in [0.5, 0.6) is 0 Å². The number of aliphatic hydroxyl groups excluding tert-OH is 1. The van der Waals surface area contributed by atoms with Crippen LogP contribution >= 0.6 is 0 Å². The molecule has 0 radical (unpaired) electrons. The highest BCUT2D eigenvalue weighted by Gasteiger charge is 2.31. The maximum absolute atomic E-state index is 12.2. The van der Waals surface area contributed by atoms with Crippen LogP contribution in [-0.4, -0.2) is 58.3 Å². The zero-order valence-electron chi connectivity index (χ0n) is 11.6. The van der Waals surface area contributed by atoms with Crippen LogP contribution in [0.15, 0.2) is 6.33 Å². The van der Waals surface area contributed by atoms with Gasteiger partial charge >= 0.3 is 0 Å². The Hall–Kier alpha value is -1.03. The van der Waals surface area contributed by atoms with Crippen molar-refractivity contribution in [1.29, 1.82) is 0 Å². The molecule has 0 saturated carbocycles. The molecule has 1 aliphatic rings. The van der Waals surface area contributed by atoms with E-state index in [9.17, 15) is 13.5 Å². The van der Waals surface area contributed by atoms with Crippen molar-refractivity contribution in [3.8, 4) is 0 Å². The minimum atomic E-state index is -3.54. The molecule has 20 heavy (non-hydrogen) atoms. The maximum atomic E-state index is 12.2. The molecule has 1 fully saturated rings. The quantitative estimate of drug-likeness (QED) is 0.705. The molecule has 1 aromatic heterocycles. The van der Waals surface area contributed by atoms with Crippen molar-refractivity contribution in [3.63, 3.8) is 0 Å². The molecule has 2 heterocycles. The van der Waals surface area contributed by atoms with Crippen molar-refractivity contribution < 1.29 is 13.5 Å². The summed E-state index contributed by atoms with van der Waals surface area (Å²) in [6, 6.07) is -0.309. The number of nitrogens with one attached hydrogen (secondary N) is 1. The van der Waals surface area contributed by atoms with E-state index in [-0.39, 0.29) is 19.2 Å². The molecule has 0 bridgehead atoms. The second-order valence-corrected chi connectivity index (χ2v) is 6.66. The molecule has 0 aliphatic carbocycles. The normalized spacial score (nSPS) is 21.2. The van der Waals surface area contributed by atoms with Crippen LogP contribution in [0.1, 0.15) is 25.1 Å². The third-order valence-electron chi connectivity index (χ3n) is 3.53. The van der Waals surface area contributed by atoms with Crippen LogP contribution in [0.3, 0.4) is 0 Å². The fraction of sp³-hybridized carbons (Fsp3) is 0.818. The van der Waals surface area contributed by atoms with E-state index in [0.29, 0.717) is 19.4 Å². The van der Waals surface area contributed by atoms with Crippen LogP contribution in [0.4, 0.5) is 0 Å². The lowest BCUT2D eigenvalue weighted by Crippen LogP contribution is -2.50. The number of hydrogen-bond acceptors (Lipinski definition) is 5. The first-order chi connectivity index (χ1) is 9.54. The average molecular weight is 303 g/mol. The van der Waals surface area contributed by atoms with Gasteiger partial charge in [0.2, 0.25) is 0 Å². The highest BCUT2D eigenvalue weighted by atomic mass is 32.2. The third-order valence-corrected chi connectivity index (χ3v) is 5.20. The van der Waals surface area contributed by atoms with Gasteiger partial charge in [0.1, 0.15) is 12.2 Å². The standard InChI is InChI=1S/C11H21N5O3S/c1-15-9-12-14-11(15)5-6-13-20(18,19)16-7-3-2-4-10(16)8-17/h9-10,13,17H,2-8H2,1H3. The Labute approximate surface area is 119 Å². The summed E-state index contributed by atoms with van der Waals surface area (Å²) >= 11 is 0. The largest absolute Gasteiger partial charge is 0.395 e. The first kappa shape index (κ1) is 15.4. The van der Waals surface area contributed by atoms with E-state index in [4.69, 9.17) is 0 Å². The van der Waals surface area contributed by atoms with Crippen molar-refractivity contribution in [2.45, 2.75) is 31.7 Å². The predicted octanol–water partition coefficient (Wildman–Crippen LogP) is -0.961. The van der Waals surface area contributed by atoms with E-state index < -0.39 is 10.2 Å². The molecule has 0 spiro atoms. The molecule has 114 valence electrons. The summed E-state index contributed by atoms with van der Waals surface area (Å²) in [4.78, 5) is 0. The van der Waals surface area contributed by atoms with Crippen LogP contribution < -0.4 is 4.72 Å². The number of aryl methyl sites for hydroxylation is 1. The van der Waals surface area contributed by atoms with Gasteiger partial charge in [-0.25, -0.2) is 4.72 Å². The summed E-state index contributed by atoms with van der Waals surface area (Å²) in [5, 5.41) is 16.9. The molecule has 1 unspecified atom stereocenters. The van der Waals surface area contributed by atoms with Gasteiger partial charge in [0, 0.05) is 32.6 Å². The van der Waals surface area contributed by atoms with Crippen LogP contribution in [0.2, 0.25) is 0 Å². The fourth-order valence-corrected chi connectivity index (χ4v) is 3.84. The summed E-state index contributed by atoms with van der Waals surface area (Å²) in [5.41, 5.74) is 0. The lowest BCUT2D eigenvalue weighted by atomic mass is 10.1. The molecule has 1 aromatic rings. The van der Waals surface area contributed by atoms with E-state index in [1.54, 1.807) is 10.9 Å². The minimum absolute atomic E-state index is 0.135. The summed E-state index contributed by atoms with van der Waals surface area (Å²) in [5.74, 6) is 0.727. The number of nitrogens with zero attached hydrogens (tertiary/aromatic N) is 4. The minimum Gasteiger partial charge on any atom is -0.395 e. The van der Waals surface area contributed by atoms with Crippen LogP contribution in [-0.2, 0) is 23.7 Å². The third kappa shape index (κ3) is 3.54. The SMILES string of the molecule is Cn1cnnc1CCNS(=O)(=O)N1CCCCC1CO. The summed E-state index contributed by atoms with van der Waals surface area (Å²) in [6.07, 6.45) is 4.56. The highest BCUT2D eigenvalue weighted by molar-refractivity contribution is 7.87. The van der Waals surface area contributed by atoms with Crippen LogP contribution in [0.25, 0.3) is 0 Å². The molecule has 0 aromatic carbocycles. The Morgan fingerprint density at radius 1 is 1.50 bits per heavy atom. The highest BCUT2D eigenvalue weighted by Crippen LogP contribution is 2.19. The van der Waals surface area contributed by atoms with E-state index >= 15 is 0 Å². The second-order valence-electron chi connectivity index (χ2n) is 4.95. The van der Waals surface area contributed by atoms with Gasteiger partial charge in [-0.2, -0.15) is 12.7 Å². The molecule has 1 atom stereocenters. The topological polar surface area (TPSA) is 100 Å². The molecule has 2 N–H and O–H groups in total. The molecular formula is C11H21N5O3S. The first-order valence-corrected chi connectivity index (χ1v) is 8.19. The van der Waals surface area contributed by atoms with Gasteiger partial charge in [-0.3, -0.25) is 0 Å². The molecule has 9 heteroatoms. The summed E-state index contributed by atoms with van der Waals surface area (Å²) in [7, 11) is -1.73. The smallest absolute Gasteiger partial charge is 0.279 e. The van der Waals surface area contributed by atoms with Gasteiger partial charge < -0.3 is 9.67 Å². The van der Waals surface area contributed by atoms with Crippen molar-refractivity contribution in [2.75, 3.05) is 19.7 Å². The van der Waals surface area contributed by atoms with Gasteiger partial charge in [-0.15, -0.1) is 10.2 Å². The van der Waals surface area contributed by atoms with Crippen molar-refractivity contribution in [3.05, 3.63) is 12.2 Å². The van der Waals surface area contributed by atoms with E-state index in [1.807, 2.05) is 7.05 Å². The number of aliphatic hydroxyl groups is 1. The Bertz CT molecular complexity index is 530. The Morgan fingerprint density at radius 3 is 2.95 bits per heavy atom. The maximum Gasteiger partial charge on any atom is 0.279 e. The van der Waals surface area contributed by atoms with E-state index in [2.05, 4.69) is 14.9 Å². The van der Waals surface area contributed by atoms with Gasteiger partial charge in [-0.1, -0.05) is 6.42 Å². The Kier molecular flexibility index (Phi) is 5.08. The monoisotopic (exact) mass is 303 g/mol. The zero-order valence-corrected chi connectivity index (χ0v) is 12.4. The molecule has 2 rings (SSSR count). The molecule has 1 aliphatic heterocycles. The predicted molar refractivity (Wildman–Crippen MR) is 73.1 cm³/mol. The van der Waals surface area contributed by atoms with Gasteiger partial charge in [0.15, 0.2) is 0 Å². The molecule has 8 nitrogen and oxygen atoms in total. The lowest BCUT2D eigenvalue weighted by Gasteiger charge is -2.33. The van der Waals surface area contributed by atoms with Gasteiger partial charge in [-0.05, 0) is 12.8 Å². The Morgan fingerprint density at radius 2 is 2.30 bits per heavy atom. The van der Waals surface area contributed by atoms with Crippen molar-refractivity contribution >= 4 is 10.2 Å². The second kappa shape index (κ2) is 6.61. The number of hydrogen-bond donors (Lipinski definition) is 2. The van der Waals surface area contributed by atoms with E-state index in [0.717, 1.165) is 18.7 Å². The molecule has 1 saturated heterocycles. The molecular weight excluding hydrogens is 282 g/mol.